The van der Waals surface area contributed by atoms with Crippen molar-refractivity contribution in [2.45, 2.75) is 26.5 Å². The number of nitrogens with zero attached hydrogens (tertiary/aromatic N) is 1. The quantitative estimate of drug-likeness (QED) is 0.603. The topological polar surface area (TPSA) is 58.6 Å². The third-order valence-electron chi connectivity index (χ3n) is 5.12. The number of fused-ring (bicyclic) bond motifs is 1. The van der Waals surface area contributed by atoms with Crippen molar-refractivity contribution in [1.29, 1.82) is 0 Å². The summed E-state index contributed by atoms with van der Waals surface area (Å²) in [5, 5.41) is 2.86. The highest BCUT2D eigenvalue weighted by atomic mass is 16.5. The Balaban J connectivity index is 1.55. The van der Waals surface area contributed by atoms with Crippen molar-refractivity contribution in [1.82, 2.24) is 0 Å². The van der Waals surface area contributed by atoms with Gasteiger partial charge in [-0.3, -0.25) is 9.59 Å². The summed E-state index contributed by atoms with van der Waals surface area (Å²) in [4.78, 5) is 26.9. The van der Waals surface area contributed by atoms with E-state index in [2.05, 4.69) is 5.32 Å². The summed E-state index contributed by atoms with van der Waals surface area (Å²) < 4.78 is 5.78. The normalized spacial score (nSPS) is 15.5. The first kappa shape index (κ1) is 20.4. The molecule has 5 heteroatoms. The van der Waals surface area contributed by atoms with Crippen LogP contribution in [0.3, 0.4) is 0 Å². The van der Waals surface area contributed by atoms with E-state index < -0.39 is 6.10 Å². The lowest BCUT2D eigenvalue weighted by atomic mass is 10.1. The van der Waals surface area contributed by atoms with Gasteiger partial charge >= 0.3 is 0 Å². The molecule has 1 aliphatic heterocycles. The van der Waals surface area contributed by atoms with Crippen molar-refractivity contribution in [3.8, 4) is 5.75 Å². The molecule has 3 aromatic carbocycles. The van der Waals surface area contributed by atoms with Crippen molar-refractivity contribution in [3.05, 3.63) is 95.6 Å². The van der Waals surface area contributed by atoms with Crippen LogP contribution in [0.4, 0.5) is 11.4 Å². The monoisotopic (exact) mass is 412 g/mol. The Morgan fingerprint density at radius 1 is 1.06 bits per heavy atom. The molecule has 0 bridgehead atoms. The van der Waals surface area contributed by atoms with Gasteiger partial charge in [-0.2, -0.15) is 0 Å². The number of anilines is 2. The molecule has 1 aliphatic rings. The molecule has 0 radical (unpaired) electrons. The molecule has 0 fully saturated rings. The van der Waals surface area contributed by atoms with Gasteiger partial charge in [-0.1, -0.05) is 60.2 Å². The lowest BCUT2D eigenvalue weighted by molar-refractivity contribution is -0.125. The van der Waals surface area contributed by atoms with Crippen LogP contribution in [0.25, 0.3) is 6.08 Å². The SMILES string of the molecule is Cc1ccc(CN2C(=O)C(C)Oc3ccc(NC(=O)/C=C/c4ccccc4)cc32)cc1. The number of benzene rings is 3. The molecule has 0 aromatic heterocycles. The Morgan fingerprint density at radius 2 is 1.81 bits per heavy atom. The number of carbonyl (C=O) groups is 2. The fraction of sp³-hybridized carbons (Fsp3) is 0.154. The maximum absolute atomic E-state index is 12.9. The lowest BCUT2D eigenvalue weighted by Gasteiger charge is -2.33. The number of aryl methyl sites for hydroxylation is 1. The molecule has 156 valence electrons. The Bertz CT molecular complexity index is 1120. The van der Waals surface area contributed by atoms with E-state index in [0.717, 1.165) is 11.1 Å². The average Bonchev–Trinajstić information content (AvgIpc) is 2.78. The van der Waals surface area contributed by atoms with Gasteiger partial charge < -0.3 is 15.0 Å². The molecule has 0 saturated carbocycles. The van der Waals surface area contributed by atoms with Gasteiger partial charge in [0.05, 0.1) is 12.2 Å². The molecule has 31 heavy (non-hydrogen) atoms. The Hall–Kier alpha value is -3.86. The number of hydrogen-bond donors (Lipinski definition) is 1. The van der Waals surface area contributed by atoms with Crippen LogP contribution in [0, 0.1) is 6.92 Å². The van der Waals surface area contributed by atoms with Crippen LogP contribution in [0.2, 0.25) is 0 Å². The van der Waals surface area contributed by atoms with Gasteiger partial charge in [0.2, 0.25) is 5.91 Å². The van der Waals surface area contributed by atoms with Crippen molar-refractivity contribution in [3.63, 3.8) is 0 Å². The molecule has 1 heterocycles. The highest BCUT2D eigenvalue weighted by Gasteiger charge is 2.31. The zero-order valence-electron chi connectivity index (χ0n) is 17.5. The number of ether oxygens (including phenoxy) is 1. The fourth-order valence-electron chi connectivity index (χ4n) is 3.44. The minimum absolute atomic E-state index is 0.111. The Labute approximate surface area is 182 Å². The van der Waals surface area contributed by atoms with Crippen molar-refractivity contribution in [2.75, 3.05) is 10.2 Å². The van der Waals surface area contributed by atoms with Gasteiger partial charge in [0.15, 0.2) is 6.10 Å². The minimum Gasteiger partial charge on any atom is -0.479 e. The predicted octanol–water partition coefficient (Wildman–Crippen LogP) is 4.96. The molecule has 4 rings (SSSR count). The number of amides is 2. The van der Waals surface area contributed by atoms with Crippen LogP contribution >= 0.6 is 0 Å². The molecular weight excluding hydrogens is 388 g/mol. The maximum atomic E-state index is 12.9. The van der Waals surface area contributed by atoms with E-state index in [0.29, 0.717) is 23.7 Å². The van der Waals surface area contributed by atoms with Gasteiger partial charge in [-0.25, -0.2) is 0 Å². The summed E-state index contributed by atoms with van der Waals surface area (Å²) in [5.41, 5.74) is 4.38. The van der Waals surface area contributed by atoms with Crippen molar-refractivity contribution >= 4 is 29.3 Å². The fourth-order valence-corrected chi connectivity index (χ4v) is 3.44. The number of hydrogen-bond acceptors (Lipinski definition) is 3. The van der Waals surface area contributed by atoms with E-state index in [4.69, 9.17) is 4.74 Å². The summed E-state index contributed by atoms with van der Waals surface area (Å²) >= 11 is 0. The summed E-state index contributed by atoms with van der Waals surface area (Å²) in [6.45, 7) is 4.21. The minimum atomic E-state index is -0.563. The third-order valence-corrected chi connectivity index (χ3v) is 5.12. The van der Waals surface area contributed by atoms with Gasteiger partial charge in [0.25, 0.3) is 5.91 Å². The first-order chi connectivity index (χ1) is 15.0. The van der Waals surface area contributed by atoms with Gasteiger partial charge in [0, 0.05) is 11.8 Å². The van der Waals surface area contributed by atoms with Crippen molar-refractivity contribution < 1.29 is 14.3 Å². The standard InChI is InChI=1S/C26H24N2O3/c1-18-8-10-21(11-9-18)17-28-23-16-22(13-14-24(23)31-19(2)26(28)30)27-25(29)15-12-20-6-4-3-5-7-20/h3-16,19H,17H2,1-2H3,(H,27,29)/b15-12+. The molecule has 2 amide bonds. The molecule has 5 nitrogen and oxygen atoms in total. The van der Waals surface area contributed by atoms with Gasteiger partial charge in [0.1, 0.15) is 5.75 Å². The van der Waals surface area contributed by atoms with E-state index in [-0.39, 0.29) is 11.8 Å². The Kier molecular flexibility index (Phi) is 5.85. The van der Waals surface area contributed by atoms with E-state index >= 15 is 0 Å². The number of rotatable bonds is 5. The predicted molar refractivity (Wildman–Crippen MR) is 123 cm³/mol. The second-order valence-electron chi connectivity index (χ2n) is 7.59. The summed E-state index contributed by atoms with van der Waals surface area (Å²) in [7, 11) is 0. The largest absolute Gasteiger partial charge is 0.479 e. The molecule has 1 unspecified atom stereocenters. The van der Waals surface area contributed by atoms with Crippen molar-refractivity contribution in [2.24, 2.45) is 0 Å². The second kappa shape index (κ2) is 8.88. The first-order valence-corrected chi connectivity index (χ1v) is 10.2. The number of carbonyl (C=O) groups excluding carboxylic acids is 2. The Morgan fingerprint density at radius 3 is 2.55 bits per heavy atom. The highest BCUT2D eigenvalue weighted by Crippen LogP contribution is 2.37. The average molecular weight is 412 g/mol. The van der Waals surface area contributed by atoms with Gasteiger partial charge in [-0.15, -0.1) is 0 Å². The van der Waals surface area contributed by atoms with Crippen LogP contribution in [-0.2, 0) is 16.1 Å². The smallest absolute Gasteiger partial charge is 0.268 e. The molecular formula is C26H24N2O3. The molecule has 0 spiro atoms. The third kappa shape index (κ3) is 4.83. The van der Waals surface area contributed by atoms with Crippen LogP contribution in [0.5, 0.6) is 5.75 Å². The van der Waals surface area contributed by atoms with E-state index in [9.17, 15) is 9.59 Å². The number of nitrogens with one attached hydrogen (secondary N) is 1. The van der Waals surface area contributed by atoms with Crippen LogP contribution < -0.4 is 15.0 Å². The lowest BCUT2D eigenvalue weighted by Crippen LogP contribution is -2.44. The van der Waals surface area contributed by atoms with E-state index in [1.165, 1.54) is 11.6 Å². The van der Waals surface area contributed by atoms with Gasteiger partial charge in [-0.05, 0) is 49.2 Å². The van der Waals surface area contributed by atoms with Crippen LogP contribution in [0.15, 0.2) is 78.9 Å². The second-order valence-corrected chi connectivity index (χ2v) is 7.59. The zero-order valence-corrected chi connectivity index (χ0v) is 17.5. The summed E-state index contributed by atoms with van der Waals surface area (Å²) in [6, 6.07) is 23.1. The zero-order chi connectivity index (χ0) is 21.8. The maximum Gasteiger partial charge on any atom is 0.268 e. The molecule has 1 N–H and O–H groups in total. The molecule has 3 aromatic rings. The van der Waals surface area contributed by atoms with Crippen LogP contribution in [-0.4, -0.2) is 17.9 Å². The molecule has 0 saturated heterocycles. The summed E-state index contributed by atoms with van der Waals surface area (Å²) in [6.07, 6.45) is 2.68. The van der Waals surface area contributed by atoms with E-state index in [1.54, 1.807) is 36.1 Å². The highest BCUT2D eigenvalue weighted by molar-refractivity contribution is 6.04. The summed E-state index contributed by atoms with van der Waals surface area (Å²) in [5.74, 6) is 0.267. The molecule has 1 atom stereocenters. The van der Waals surface area contributed by atoms with E-state index in [1.807, 2.05) is 61.5 Å². The molecule has 0 aliphatic carbocycles. The van der Waals surface area contributed by atoms with Crippen LogP contribution in [0.1, 0.15) is 23.6 Å². The first-order valence-electron chi connectivity index (χ1n) is 10.2.